The lowest BCUT2D eigenvalue weighted by atomic mass is 9.47. The lowest BCUT2D eigenvalue weighted by Crippen LogP contribution is -2.52. The molecule has 20 rings (SSSR count). The molecule has 127 heavy (non-hydrogen) atoms. The highest BCUT2D eigenvalue weighted by Crippen LogP contribution is 2.72. The maximum Gasteiger partial charge on any atom is 0.224 e. The van der Waals surface area contributed by atoms with Gasteiger partial charge in [-0.1, -0.05) is 54.9 Å². The highest BCUT2D eigenvalue weighted by molar-refractivity contribution is 5.84. The number of ketones is 4. The summed E-state index contributed by atoms with van der Waals surface area (Å²) in [7, 11) is 0. The van der Waals surface area contributed by atoms with Crippen molar-refractivity contribution < 1.29 is 48.4 Å². The molecule has 20 nitrogen and oxygen atoms in total. The molecule has 0 radical (unpaired) electrons. The summed E-state index contributed by atoms with van der Waals surface area (Å²) in [6.45, 7) is 46.5. The van der Waals surface area contributed by atoms with Crippen LogP contribution < -0.4 is 0 Å². The Morgan fingerprint density at radius 3 is 1.04 bits per heavy atom. The summed E-state index contributed by atoms with van der Waals surface area (Å²) in [6.07, 6.45) is 43.3. The van der Waals surface area contributed by atoms with Gasteiger partial charge in [-0.15, -0.1) is 0 Å². The van der Waals surface area contributed by atoms with Crippen LogP contribution in [0.25, 0.3) is 14.5 Å². The smallest absolute Gasteiger partial charge is 0.224 e. The summed E-state index contributed by atoms with van der Waals surface area (Å²) in [4.78, 5) is 63.9. The third-order valence-electron chi connectivity index (χ3n) is 40.2. The molecule has 0 aromatic carbocycles. The number of nitrogens with zero attached hydrogens (tertiary/aromatic N) is 12. The van der Waals surface area contributed by atoms with E-state index in [-0.39, 0.29) is 81.8 Å². The fraction of sp³-hybridized carbons (Fsp3) is 0.810. The van der Waals surface area contributed by atoms with Crippen molar-refractivity contribution in [2.75, 3.05) is 0 Å². The number of aromatic nitrogens is 8. The van der Waals surface area contributed by atoms with E-state index in [4.69, 9.17) is 25.0 Å². The van der Waals surface area contributed by atoms with Crippen molar-refractivity contribution in [2.24, 2.45) is 181 Å². The second-order valence-corrected chi connectivity index (χ2v) is 47.7. The molecule has 22 heteroatoms. The van der Waals surface area contributed by atoms with Gasteiger partial charge >= 0.3 is 0 Å². The van der Waals surface area contributed by atoms with E-state index in [0.29, 0.717) is 149 Å². The van der Waals surface area contributed by atoms with Gasteiger partial charge in [0.05, 0.1) is 86.9 Å². The number of Topliss-reactive ketones (excluding diaryl/α,β-unsaturated/α-hetero) is 4. The van der Waals surface area contributed by atoms with Gasteiger partial charge in [-0.2, -0.15) is 25.7 Å². The van der Waals surface area contributed by atoms with E-state index in [9.17, 15) is 39.6 Å². The Bertz CT molecular complexity index is 4710. The van der Waals surface area contributed by atoms with Gasteiger partial charge in [0, 0.05) is 48.5 Å². The van der Waals surface area contributed by atoms with Gasteiger partial charge in [0.2, 0.25) is 17.1 Å². The largest absolute Gasteiger partial charge is 0.390 e. The first-order valence-corrected chi connectivity index (χ1v) is 50.2. The Labute approximate surface area is 754 Å². The molecule has 0 saturated heterocycles. The van der Waals surface area contributed by atoms with Crippen molar-refractivity contribution in [3.8, 4) is 6.07 Å². The molecule has 4 heterocycles. The van der Waals surface area contributed by atoms with Crippen LogP contribution in [0.2, 0.25) is 0 Å². The van der Waals surface area contributed by atoms with Crippen LogP contribution in [0.1, 0.15) is 294 Å². The Morgan fingerprint density at radius 1 is 0.425 bits per heavy atom. The van der Waals surface area contributed by atoms with Gasteiger partial charge in [0.15, 0.2) is 28.8 Å². The van der Waals surface area contributed by atoms with E-state index in [1.54, 1.807) is 52.6 Å². The zero-order valence-electron chi connectivity index (χ0n) is 78.1. The number of aliphatic hydroxyl groups is 4. The molecule has 4 aromatic rings. The molecule has 16 aliphatic carbocycles. The van der Waals surface area contributed by atoms with Gasteiger partial charge in [-0.05, 0) is 397 Å². The SMILES string of the molecule is C[C@@]1(O)CC[C@H]2[C@H](CC[C@@H]3[C@@H]2CC[C@]2(C)[C@@H](C(=O)Cn4ccc(C#N)n4)CC(F)[C@@H]32)C1.[C-]#[N+]c1cnn(CC(=O)[C@H]2CC(F)[C@H]3[C@@H]4CC[C@@H]5C[C@](C)(O)CC[C@@H]5[C@H]4CC[C@]23C)c1.[C-]#[N+]c1cnn(CC(=O)[C@H]2C[C@@H](C(C)C)[C@H]3[C@@H]4CC[C@@H]5C[C@](C)(O)CC[C@@H]5[C@H]4CC[C@@]32C)c1.[C-]#[N+]c1cnn(CC(=O)[C@H]2C[C@@H](CC)[C@H]3[C@@H]4CC[C@@H]5C[C@](C)(O)CC[C@@H]5[C@H]4CC[C@@]32C)c1. The van der Waals surface area contributed by atoms with Crippen molar-refractivity contribution >= 4 is 40.2 Å². The highest BCUT2D eigenvalue weighted by atomic mass is 19.1. The van der Waals surface area contributed by atoms with Crippen molar-refractivity contribution in [1.82, 2.24) is 39.1 Å². The molecule has 16 fully saturated rings. The van der Waals surface area contributed by atoms with E-state index in [0.717, 1.165) is 177 Å². The molecule has 0 spiro atoms. The summed E-state index contributed by atoms with van der Waals surface area (Å²) in [5.41, 5.74) is -0.659. The Kier molecular flexibility index (Phi) is 25.6. The quantitative estimate of drug-likeness (QED) is 0.0858. The number of hydrogen-bond acceptors (Lipinski definition) is 13. The molecule has 4 N–H and O–H groups in total. The van der Waals surface area contributed by atoms with Crippen molar-refractivity contribution in [2.45, 2.75) is 349 Å². The summed E-state index contributed by atoms with van der Waals surface area (Å²) in [5, 5.41) is 68.2. The lowest BCUT2D eigenvalue weighted by Gasteiger charge is -2.58. The van der Waals surface area contributed by atoms with Crippen LogP contribution >= 0.6 is 0 Å². The average Bonchev–Trinajstić information content (AvgIpc) is 1.60. The molecule has 690 valence electrons. The zero-order valence-corrected chi connectivity index (χ0v) is 78.1. The Balaban J connectivity index is 0.000000119. The number of rotatable bonds is 14. The average molecular weight is 1740 g/mol. The number of alkyl halides is 2. The maximum absolute atomic E-state index is 15.6. The standard InChI is InChI=1S/C28H41N3O2.C27H39N3O2.2C25H34FN3O2/c1-17(2)23-12-24(25(32)16-31-15-19(29-5)14-30-31)28(4)11-9-21-20-8-10-27(3,33)13-18(20)6-7-22(21)26(23)28;1-5-17-12-23(24(31)16-30-15-19(28-4)14-29-30)27(3)11-9-21-20-8-10-26(2,32)13-18(20)6-7-22(21)25(17)27;1-24(31)8-6-17-15(11-24)4-5-19-18(17)7-9-25(2)20(10-21(26)23(19)25)22(30)14-29-13-16(27-3)12-28-29;1-24(31)8-5-17-15(12-24)3-4-19-18(17)6-9-25(2)20(11-21(26)23(19)25)22(30)14-29-10-7-16(13-27)28-29/h14-15,17-18,20-24,26,33H,6-13,16H2,1-4H3;14-15,17-18,20-23,25,32H,5-13,16H2,1-3H3;12-13,15,17-21,23,31H,4-11,14H2,1-2H3;7,10,15,17-21,23,31H,3-6,8-9,11-12,14H2,1-2H3/t18-,20+,21-,22-,23+,24-,26-,27-,28-;17-,18-,20+,21-,22-,23-,25+,26-,27-;2*15-,17+,18-,19-,20-,21?,23-,24-,25-/m1111/s1. The predicted molar refractivity (Wildman–Crippen MR) is 481 cm³/mol. The van der Waals surface area contributed by atoms with E-state index < -0.39 is 34.7 Å². The monoisotopic (exact) mass is 1740 g/mol. The van der Waals surface area contributed by atoms with Crippen LogP contribution in [0.5, 0.6) is 0 Å². The van der Waals surface area contributed by atoms with Gasteiger partial charge in [-0.3, -0.25) is 37.9 Å². The van der Waals surface area contributed by atoms with Crippen LogP contribution in [0.3, 0.4) is 0 Å². The van der Waals surface area contributed by atoms with Crippen molar-refractivity contribution in [3.63, 3.8) is 0 Å². The number of fused-ring (bicyclic) bond motifs is 20. The number of nitriles is 1. The van der Waals surface area contributed by atoms with Crippen LogP contribution in [-0.4, -0.2) is 117 Å². The lowest BCUT2D eigenvalue weighted by molar-refractivity contribution is -0.134. The Hall–Kier alpha value is -6.82. The second kappa shape index (κ2) is 35.3. The minimum absolute atomic E-state index is 0.0278. The van der Waals surface area contributed by atoms with Crippen molar-refractivity contribution in [3.05, 3.63) is 89.4 Å². The van der Waals surface area contributed by atoms with E-state index in [1.807, 2.05) is 33.8 Å². The van der Waals surface area contributed by atoms with Crippen LogP contribution in [0.4, 0.5) is 25.8 Å². The molecule has 0 aliphatic heterocycles. The molecule has 16 saturated carbocycles. The minimum atomic E-state index is -0.915. The Morgan fingerprint density at radius 2 is 0.724 bits per heavy atom. The summed E-state index contributed by atoms with van der Waals surface area (Å²) >= 11 is 0. The first-order valence-electron chi connectivity index (χ1n) is 50.2. The normalized spacial score (nSPS) is 45.7. The summed E-state index contributed by atoms with van der Waals surface area (Å²) in [6, 6.07) is 3.60. The third kappa shape index (κ3) is 17.3. The van der Waals surface area contributed by atoms with E-state index >= 15 is 8.78 Å². The number of carbonyl (C=O) groups excluding carboxylic acids is 4. The van der Waals surface area contributed by atoms with Gasteiger partial charge in [0.25, 0.3) is 0 Å². The van der Waals surface area contributed by atoms with Crippen LogP contribution in [0.15, 0.2) is 49.4 Å². The van der Waals surface area contributed by atoms with Gasteiger partial charge in [-0.25, -0.2) is 23.3 Å². The molecule has 4 aromatic heterocycles. The number of hydrogen-bond donors (Lipinski definition) is 4. The number of halogens is 2. The third-order valence-corrected chi connectivity index (χ3v) is 40.2. The molecule has 2 unspecified atom stereocenters. The molecule has 16 aliphatic rings. The zero-order chi connectivity index (χ0) is 90.1. The summed E-state index contributed by atoms with van der Waals surface area (Å²) in [5.74, 6) is 13.7. The first kappa shape index (κ1) is 92.0. The summed E-state index contributed by atoms with van der Waals surface area (Å²) < 4.78 is 37.5. The topological polar surface area (TPSA) is 257 Å². The molecule has 36 atom stereocenters. The molecular weight excluding hydrogens is 1600 g/mol. The fourth-order valence-corrected chi connectivity index (χ4v) is 35.0. The maximum atomic E-state index is 15.6. The first-order chi connectivity index (χ1) is 60.3. The van der Waals surface area contributed by atoms with Crippen LogP contribution in [0, 0.1) is 212 Å². The fourth-order valence-electron chi connectivity index (χ4n) is 35.0. The van der Waals surface area contributed by atoms with Gasteiger partial charge < -0.3 is 20.4 Å². The highest BCUT2D eigenvalue weighted by Gasteiger charge is 2.68. The molecule has 0 amide bonds. The van der Waals surface area contributed by atoms with Gasteiger partial charge in [0.1, 0.15) is 18.4 Å². The van der Waals surface area contributed by atoms with E-state index in [2.05, 4.69) is 83.4 Å². The number of carbonyl (C=O) groups is 4. The molecule has 0 bridgehead atoms. The second-order valence-electron chi connectivity index (χ2n) is 47.7. The minimum Gasteiger partial charge on any atom is -0.390 e. The van der Waals surface area contributed by atoms with E-state index in [1.165, 1.54) is 73.3 Å². The predicted octanol–water partition coefficient (Wildman–Crippen LogP) is 20.8. The van der Waals surface area contributed by atoms with Crippen molar-refractivity contribution in [1.29, 1.82) is 5.26 Å². The van der Waals surface area contributed by atoms with Crippen LogP contribution in [-0.2, 0) is 45.4 Å². The molecular formula is C105H148F2N12O8.